The van der Waals surface area contributed by atoms with E-state index in [0.717, 1.165) is 51.5 Å². The lowest BCUT2D eigenvalue weighted by atomic mass is 9.81. The number of amides is 1. The van der Waals surface area contributed by atoms with E-state index in [9.17, 15) is 15.2 Å². The molecular formula is C16H27N3O2. The van der Waals surface area contributed by atoms with E-state index in [2.05, 4.69) is 6.07 Å². The van der Waals surface area contributed by atoms with Crippen LogP contribution in [0.1, 0.15) is 44.9 Å². The van der Waals surface area contributed by atoms with Gasteiger partial charge in [-0.05, 0) is 38.6 Å². The van der Waals surface area contributed by atoms with Crippen LogP contribution < -0.4 is 0 Å². The summed E-state index contributed by atoms with van der Waals surface area (Å²) < 4.78 is 0. The van der Waals surface area contributed by atoms with E-state index in [-0.39, 0.29) is 12.0 Å². The lowest BCUT2D eigenvalue weighted by molar-refractivity contribution is -0.136. The third-order valence-electron chi connectivity index (χ3n) is 5.09. The van der Waals surface area contributed by atoms with Crippen LogP contribution in [0.2, 0.25) is 0 Å². The summed E-state index contributed by atoms with van der Waals surface area (Å²) in [6.07, 6.45) is 6.35. The summed E-state index contributed by atoms with van der Waals surface area (Å²) >= 11 is 0. The molecule has 2 aliphatic carbocycles. The first-order chi connectivity index (χ1) is 9.97. The Morgan fingerprint density at radius 1 is 1.29 bits per heavy atom. The van der Waals surface area contributed by atoms with Gasteiger partial charge < -0.3 is 10.0 Å². The highest BCUT2D eigenvalue weighted by Crippen LogP contribution is 2.32. The number of carbonyl (C=O) groups is 1. The summed E-state index contributed by atoms with van der Waals surface area (Å²) in [4.78, 5) is 16.1. The van der Waals surface area contributed by atoms with Crippen LogP contribution in [-0.2, 0) is 4.79 Å². The van der Waals surface area contributed by atoms with Crippen LogP contribution >= 0.6 is 0 Å². The van der Waals surface area contributed by atoms with Crippen LogP contribution in [0, 0.1) is 17.2 Å². The summed E-state index contributed by atoms with van der Waals surface area (Å²) in [5.74, 6) is 0.531. The van der Waals surface area contributed by atoms with Crippen molar-refractivity contribution in [3.63, 3.8) is 0 Å². The molecule has 5 nitrogen and oxygen atoms in total. The molecule has 0 aromatic heterocycles. The highest BCUT2D eigenvalue weighted by atomic mass is 16.3. The number of aliphatic hydroxyl groups is 1. The van der Waals surface area contributed by atoms with Crippen molar-refractivity contribution in [1.82, 2.24) is 9.80 Å². The summed E-state index contributed by atoms with van der Waals surface area (Å²) in [5.41, 5.74) is -0.594. The van der Waals surface area contributed by atoms with Crippen molar-refractivity contribution in [2.45, 2.75) is 56.6 Å². The molecule has 2 fully saturated rings. The minimum Gasteiger partial charge on any atom is -0.393 e. The number of hydrogen-bond acceptors (Lipinski definition) is 4. The Kier molecular flexibility index (Phi) is 5.23. The van der Waals surface area contributed by atoms with Gasteiger partial charge in [0.15, 0.2) is 0 Å². The number of likely N-dealkylation sites (N-methyl/N-ethyl adjacent to an activating group) is 2. The van der Waals surface area contributed by atoms with Gasteiger partial charge in [0.05, 0.1) is 18.7 Å². The van der Waals surface area contributed by atoms with E-state index >= 15 is 0 Å². The third-order valence-corrected chi connectivity index (χ3v) is 5.09. The number of rotatable bonds is 5. The molecule has 0 aromatic carbocycles. The van der Waals surface area contributed by atoms with E-state index in [1.54, 1.807) is 11.9 Å². The van der Waals surface area contributed by atoms with Crippen LogP contribution in [0.15, 0.2) is 0 Å². The van der Waals surface area contributed by atoms with E-state index in [1.165, 1.54) is 0 Å². The fourth-order valence-corrected chi connectivity index (χ4v) is 3.59. The molecule has 2 aliphatic rings. The van der Waals surface area contributed by atoms with Gasteiger partial charge in [0.1, 0.15) is 5.54 Å². The Morgan fingerprint density at radius 3 is 2.43 bits per heavy atom. The first-order valence-corrected chi connectivity index (χ1v) is 8.01. The maximum atomic E-state index is 12.5. The lowest BCUT2D eigenvalue weighted by Gasteiger charge is -2.40. The van der Waals surface area contributed by atoms with E-state index in [0.29, 0.717) is 12.5 Å². The van der Waals surface area contributed by atoms with Crippen molar-refractivity contribution in [2.75, 3.05) is 27.2 Å². The van der Waals surface area contributed by atoms with Crippen LogP contribution in [0.25, 0.3) is 0 Å². The van der Waals surface area contributed by atoms with E-state index < -0.39 is 5.54 Å². The lowest BCUT2D eigenvalue weighted by Crippen LogP contribution is -2.52. The standard InChI is InChI=1S/C16H27N3O2/c1-18(10-13-8-14(20)9-13)11-15(21)19(2)16(12-17)6-4-3-5-7-16/h13-14,20H,3-11H2,1-2H3. The molecule has 0 aliphatic heterocycles. The van der Waals surface area contributed by atoms with Gasteiger partial charge in [0, 0.05) is 13.6 Å². The Bertz CT molecular complexity index is 406. The first kappa shape index (κ1) is 16.3. The predicted molar refractivity (Wildman–Crippen MR) is 80.4 cm³/mol. The molecule has 118 valence electrons. The van der Waals surface area contributed by atoms with Crippen molar-refractivity contribution in [2.24, 2.45) is 5.92 Å². The summed E-state index contributed by atoms with van der Waals surface area (Å²) in [5, 5.41) is 18.8. The molecule has 0 spiro atoms. The molecule has 1 N–H and O–H groups in total. The average molecular weight is 293 g/mol. The van der Waals surface area contributed by atoms with Gasteiger partial charge in [-0.25, -0.2) is 0 Å². The maximum Gasteiger partial charge on any atom is 0.237 e. The zero-order chi connectivity index (χ0) is 15.5. The molecule has 2 rings (SSSR count). The molecular weight excluding hydrogens is 266 g/mol. The van der Waals surface area contributed by atoms with Gasteiger partial charge in [0.2, 0.25) is 5.91 Å². The van der Waals surface area contributed by atoms with E-state index in [1.807, 2.05) is 11.9 Å². The molecule has 2 saturated carbocycles. The monoisotopic (exact) mass is 293 g/mol. The second-order valence-electron chi connectivity index (χ2n) is 6.84. The topological polar surface area (TPSA) is 67.6 Å². The Balaban J connectivity index is 1.85. The van der Waals surface area contributed by atoms with Gasteiger partial charge in [0.25, 0.3) is 0 Å². The number of nitriles is 1. The summed E-state index contributed by atoms with van der Waals surface area (Å²) in [6.45, 7) is 1.20. The molecule has 0 saturated heterocycles. The van der Waals surface area contributed by atoms with Crippen LogP contribution in [0.4, 0.5) is 0 Å². The predicted octanol–water partition coefficient (Wildman–Crippen LogP) is 1.37. The van der Waals surface area contributed by atoms with Crippen molar-refractivity contribution >= 4 is 5.91 Å². The number of carbonyl (C=O) groups excluding carboxylic acids is 1. The molecule has 21 heavy (non-hydrogen) atoms. The average Bonchev–Trinajstić information content (AvgIpc) is 2.45. The van der Waals surface area contributed by atoms with Crippen LogP contribution in [0.3, 0.4) is 0 Å². The molecule has 0 unspecified atom stereocenters. The van der Waals surface area contributed by atoms with Crippen molar-refractivity contribution in [1.29, 1.82) is 5.26 Å². The number of nitrogens with zero attached hydrogens (tertiary/aromatic N) is 3. The van der Waals surface area contributed by atoms with E-state index in [4.69, 9.17) is 0 Å². The normalized spacial score (nSPS) is 27.8. The summed E-state index contributed by atoms with van der Waals surface area (Å²) in [6, 6.07) is 2.39. The first-order valence-electron chi connectivity index (χ1n) is 8.01. The third kappa shape index (κ3) is 3.75. The second kappa shape index (κ2) is 6.76. The largest absolute Gasteiger partial charge is 0.393 e. The highest BCUT2D eigenvalue weighted by Gasteiger charge is 2.39. The Labute approximate surface area is 127 Å². The number of aliphatic hydroxyl groups excluding tert-OH is 1. The molecule has 0 bridgehead atoms. The van der Waals surface area contributed by atoms with Crippen LogP contribution in [-0.4, -0.2) is 59.6 Å². The zero-order valence-corrected chi connectivity index (χ0v) is 13.2. The SMILES string of the molecule is CN(CC(=O)N(C)C1(C#N)CCCCC1)CC1CC(O)C1. The molecule has 0 aromatic rings. The molecule has 0 atom stereocenters. The minimum atomic E-state index is -0.594. The van der Waals surface area contributed by atoms with Gasteiger partial charge in [-0.3, -0.25) is 9.69 Å². The fourth-order valence-electron chi connectivity index (χ4n) is 3.59. The van der Waals surface area contributed by atoms with Gasteiger partial charge >= 0.3 is 0 Å². The molecule has 5 heteroatoms. The van der Waals surface area contributed by atoms with Gasteiger partial charge in [-0.15, -0.1) is 0 Å². The van der Waals surface area contributed by atoms with Crippen molar-refractivity contribution < 1.29 is 9.90 Å². The fraction of sp³-hybridized carbons (Fsp3) is 0.875. The smallest absolute Gasteiger partial charge is 0.237 e. The number of hydrogen-bond donors (Lipinski definition) is 1. The molecule has 1 amide bonds. The van der Waals surface area contributed by atoms with Crippen molar-refractivity contribution in [3.8, 4) is 6.07 Å². The molecule has 0 heterocycles. The molecule has 0 radical (unpaired) electrons. The Morgan fingerprint density at radius 2 is 1.90 bits per heavy atom. The quantitative estimate of drug-likeness (QED) is 0.831. The van der Waals surface area contributed by atoms with Crippen molar-refractivity contribution in [3.05, 3.63) is 0 Å². The van der Waals surface area contributed by atoms with Crippen LogP contribution in [0.5, 0.6) is 0 Å². The maximum absolute atomic E-state index is 12.5. The Hall–Kier alpha value is -1.12. The van der Waals surface area contributed by atoms with Gasteiger partial charge in [-0.2, -0.15) is 5.26 Å². The minimum absolute atomic E-state index is 0.0285. The highest BCUT2D eigenvalue weighted by molar-refractivity contribution is 5.79. The summed E-state index contributed by atoms with van der Waals surface area (Å²) in [7, 11) is 3.72. The zero-order valence-electron chi connectivity index (χ0n) is 13.2. The van der Waals surface area contributed by atoms with Gasteiger partial charge in [-0.1, -0.05) is 19.3 Å². The second-order valence-corrected chi connectivity index (χ2v) is 6.84.